The minimum atomic E-state index is -0.226. The quantitative estimate of drug-likeness (QED) is 0.899. The van der Waals surface area contributed by atoms with E-state index in [-0.39, 0.29) is 18.6 Å². The summed E-state index contributed by atoms with van der Waals surface area (Å²) in [6.45, 7) is 1.89. The standard InChI is InChI=1S/C13H15ClN4O2S/c14-9-1-2-10-13(18-21-17-10)12(9)16-11(19)7-20-8-3-5-15-6-4-8/h1-2,8,15H,3-7H2,(H,16,19). The van der Waals surface area contributed by atoms with Crippen molar-refractivity contribution in [1.29, 1.82) is 0 Å². The second-order valence-corrected chi connectivity index (χ2v) is 5.80. The van der Waals surface area contributed by atoms with Crippen molar-refractivity contribution in [2.45, 2.75) is 18.9 Å². The van der Waals surface area contributed by atoms with E-state index in [1.807, 2.05) is 0 Å². The van der Waals surface area contributed by atoms with Crippen molar-refractivity contribution >= 4 is 46.0 Å². The number of nitrogens with zero attached hydrogens (tertiary/aromatic N) is 2. The minimum absolute atomic E-state index is 0.0228. The van der Waals surface area contributed by atoms with E-state index < -0.39 is 0 Å². The molecule has 1 aromatic heterocycles. The lowest BCUT2D eigenvalue weighted by atomic mass is 10.1. The average Bonchev–Trinajstić information content (AvgIpc) is 2.98. The van der Waals surface area contributed by atoms with Gasteiger partial charge in [0.05, 0.1) is 28.5 Å². The zero-order valence-electron chi connectivity index (χ0n) is 11.3. The number of piperidine rings is 1. The lowest BCUT2D eigenvalue weighted by molar-refractivity contribution is -0.123. The first kappa shape index (κ1) is 14.6. The van der Waals surface area contributed by atoms with Crippen LogP contribution in [0.1, 0.15) is 12.8 Å². The van der Waals surface area contributed by atoms with Gasteiger partial charge in [-0.3, -0.25) is 4.79 Å². The molecule has 0 radical (unpaired) electrons. The zero-order valence-corrected chi connectivity index (χ0v) is 12.8. The average molecular weight is 327 g/mol. The van der Waals surface area contributed by atoms with E-state index in [4.69, 9.17) is 16.3 Å². The fourth-order valence-corrected chi connectivity index (χ4v) is 3.02. The molecule has 21 heavy (non-hydrogen) atoms. The Bertz CT molecular complexity index is 642. The molecule has 1 saturated heterocycles. The summed E-state index contributed by atoms with van der Waals surface area (Å²) in [5, 5.41) is 6.48. The molecule has 1 fully saturated rings. The number of amides is 1. The van der Waals surface area contributed by atoms with E-state index in [0.717, 1.165) is 43.2 Å². The molecule has 1 aromatic carbocycles. The van der Waals surface area contributed by atoms with Crippen LogP contribution in [0.25, 0.3) is 11.0 Å². The summed E-state index contributed by atoms with van der Waals surface area (Å²) >= 11 is 7.22. The Balaban J connectivity index is 1.63. The van der Waals surface area contributed by atoms with Crippen LogP contribution in [-0.4, -0.2) is 40.5 Å². The van der Waals surface area contributed by atoms with Gasteiger partial charge in [0.15, 0.2) is 0 Å². The molecule has 2 heterocycles. The van der Waals surface area contributed by atoms with E-state index in [1.165, 1.54) is 0 Å². The SMILES string of the molecule is O=C(COC1CCNCC1)Nc1c(Cl)ccc2nsnc12. The van der Waals surface area contributed by atoms with Crippen molar-refractivity contribution in [3.63, 3.8) is 0 Å². The monoisotopic (exact) mass is 326 g/mol. The molecule has 8 heteroatoms. The van der Waals surface area contributed by atoms with Gasteiger partial charge in [-0.1, -0.05) is 11.6 Å². The van der Waals surface area contributed by atoms with Crippen LogP contribution in [0, 0.1) is 0 Å². The summed E-state index contributed by atoms with van der Waals surface area (Å²) in [6.07, 6.45) is 2.00. The van der Waals surface area contributed by atoms with E-state index in [9.17, 15) is 4.79 Å². The smallest absolute Gasteiger partial charge is 0.250 e. The molecule has 6 nitrogen and oxygen atoms in total. The Kier molecular flexibility index (Phi) is 4.64. The van der Waals surface area contributed by atoms with Crippen LogP contribution in [-0.2, 0) is 9.53 Å². The maximum absolute atomic E-state index is 12.0. The second kappa shape index (κ2) is 6.65. The Hall–Kier alpha value is -1.28. The Morgan fingerprint density at radius 2 is 2.24 bits per heavy atom. The summed E-state index contributed by atoms with van der Waals surface area (Å²) in [4.78, 5) is 12.0. The van der Waals surface area contributed by atoms with Gasteiger partial charge in [-0.2, -0.15) is 8.75 Å². The van der Waals surface area contributed by atoms with Crippen LogP contribution in [0.4, 0.5) is 5.69 Å². The van der Waals surface area contributed by atoms with Crippen LogP contribution >= 0.6 is 23.3 Å². The molecule has 1 aliphatic rings. The van der Waals surface area contributed by atoms with Crippen molar-refractivity contribution in [3.05, 3.63) is 17.2 Å². The highest BCUT2D eigenvalue weighted by molar-refractivity contribution is 7.00. The van der Waals surface area contributed by atoms with E-state index >= 15 is 0 Å². The molecule has 3 rings (SSSR count). The summed E-state index contributed by atoms with van der Waals surface area (Å²) in [7, 11) is 0. The first-order valence-electron chi connectivity index (χ1n) is 6.77. The third kappa shape index (κ3) is 3.49. The Morgan fingerprint density at radius 1 is 1.43 bits per heavy atom. The predicted octanol–water partition coefficient (Wildman–Crippen LogP) is 2.05. The van der Waals surface area contributed by atoms with Gasteiger partial charge in [0.25, 0.3) is 0 Å². The number of aromatic nitrogens is 2. The third-order valence-electron chi connectivity index (χ3n) is 3.38. The number of benzene rings is 1. The molecule has 1 aliphatic heterocycles. The molecular formula is C13H15ClN4O2S. The first-order valence-corrected chi connectivity index (χ1v) is 7.88. The van der Waals surface area contributed by atoms with Gasteiger partial charge in [0.1, 0.15) is 17.6 Å². The van der Waals surface area contributed by atoms with Gasteiger partial charge in [0, 0.05) is 0 Å². The van der Waals surface area contributed by atoms with E-state index in [2.05, 4.69) is 19.4 Å². The van der Waals surface area contributed by atoms with Gasteiger partial charge in [-0.25, -0.2) is 0 Å². The van der Waals surface area contributed by atoms with Crippen LogP contribution in [0.15, 0.2) is 12.1 Å². The molecular weight excluding hydrogens is 312 g/mol. The number of ether oxygens (including phenoxy) is 1. The van der Waals surface area contributed by atoms with Crippen molar-refractivity contribution in [3.8, 4) is 0 Å². The Morgan fingerprint density at radius 3 is 3.05 bits per heavy atom. The maximum Gasteiger partial charge on any atom is 0.250 e. The third-order valence-corrected chi connectivity index (χ3v) is 4.24. The van der Waals surface area contributed by atoms with Crippen LogP contribution in [0.3, 0.4) is 0 Å². The van der Waals surface area contributed by atoms with Crippen LogP contribution in [0.5, 0.6) is 0 Å². The second-order valence-electron chi connectivity index (χ2n) is 4.86. The van der Waals surface area contributed by atoms with Gasteiger partial charge in [0.2, 0.25) is 5.91 Å². The zero-order chi connectivity index (χ0) is 14.7. The molecule has 0 atom stereocenters. The largest absolute Gasteiger partial charge is 0.368 e. The number of carbonyl (C=O) groups is 1. The topological polar surface area (TPSA) is 76.1 Å². The minimum Gasteiger partial charge on any atom is -0.368 e. The van der Waals surface area contributed by atoms with Crippen LogP contribution < -0.4 is 10.6 Å². The Labute approximate surface area is 131 Å². The van der Waals surface area contributed by atoms with E-state index in [1.54, 1.807) is 12.1 Å². The number of halogens is 1. The number of carbonyl (C=O) groups excluding carboxylic acids is 1. The highest BCUT2D eigenvalue weighted by Crippen LogP contribution is 2.29. The van der Waals surface area contributed by atoms with Crippen molar-refractivity contribution in [1.82, 2.24) is 14.1 Å². The fraction of sp³-hybridized carbons (Fsp3) is 0.462. The molecule has 0 bridgehead atoms. The van der Waals surface area contributed by atoms with Gasteiger partial charge in [-0.05, 0) is 38.1 Å². The molecule has 2 aromatic rings. The first-order chi connectivity index (χ1) is 10.2. The normalized spacial score (nSPS) is 16.2. The summed E-state index contributed by atoms with van der Waals surface area (Å²) in [5.41, 5.74) is 1.84. The summed E-state index contributed by atoms with van der Waals surface area (Å²) in [6, 6.07) is 3.48. The van der Waals surface area contributed by atoms with E-state index in [0.29, 0.717) is 16.2 Å². The number of hydrogen-bond acceptors (Lipinski definition) is 6. The molecule has 2 N–H and O–H groups in total. The maximum atomic E-state index is 12.0. The molecule has 0 unspecified atom stereocenters. The molecule has 0 saturated carbocycles. The molecule has 112 valence electrons. The van der Waals surface area contributed by atoms with Crippen LogP contribution in [0.2, 0.25) is 5.02 Å². The van der Waals surface area contributed by atoms with Crippen molar-refractivity contribution < 1.29 is 9.53 Å². The van der Waals surface area contributed by atoms with Gasteiger partial charge < -0.3 is 15.4 Å². The number of fused-ring (bicyclic) bond motifs is 1. The number of anilines is 1. The lowest BCUT2D eigenvalue weighted by Gasteiger charge is -2.22. The molecule has 1 amide bonds. The van der Waals surface area contributed by atoms with Gasteiger partial charge >= 0.3 is 0 Å². The number of nitrogens with one attached hydrogen (secondary N) is 2. The lowest BCUT2D eigenvalue weighted by Crippen LogP contribution is -2.34. The highest BCUT2D eigenvalue weighted by atomic mass is 35.5. The van der Waals surface area contributed by atoms with Gasteiger partial charge in [-0.15, -0.1) is 0 Å². The molecule has 0 spiro atoms. The highest BCUT2D eigenvalue weighted by Gasteiger charge is 2.17. The van der Waals surface area contributed by atoms with Crippen molar-refractivity contribution in [2.75, 3.05) is 25.0 Å². The number of rotatable bonds is 4. The van der Waals surface area contributed by atoms with Crippen molar-refractivity contribution in [2.24, 2.45) is 0 Å². The fourth-order valence-electron chi connectivity index (χ4n) is 2.28. The summed E-state index contributed by atoms with van der Waals surface area (Å²) in [5.74, 6) is -0.226. The predicted molar refractivity (Wildman–Crippen MR) is 82.9 cm³/mol. The molecule has 0 aliphatic carbocycles. The summed E-state index contributed by atoms with van der Waals surface area (Å²) < 4.78 is 13.9. The number of hydrogen-bond donors (Lipinski definition) is 2.